The number of halogens is 2. The van der Waals surface area contributed by atoms with Crippen LogP contribution in [0.25, 0.3) is 0 Å². The monoisotopic (exact) mass is 228 g/mol. The van der Waals surface area contributed by atoms with Crippen molar-refractivity contribution in [2.75, 3.05) is 0 Å². The van der Waals surface area contributed by atoms with Crippen molar-refractivity contribution in [3.8, 4) is 0 Å². The second-order valence-electron chi connectivity index (χ2n) is 4.19. The number of alkyl halides is 2. The van der Waals surface area contributed by atoms with E-state index in [1.165, 1.54) is 0 Å². The van der Waals surface area contributed by atoms with Crippen LogP contribution in [0.5, 0.6) is 0 Å². The van der Waals surface area contributed by atoms with Gasteiger partial charge in [-0.3, -0.25) is 0 Å². The summed E-state index contributed by atoms with van der Waals surface area (Å²) in [6.07, 6.45) is -6.27. The van der Waals surface area contributed by atoms with Gasteiger partial charge in [0.2, 0.25) is 0 Å². The van der Waals surface area contributed by atoms with Crippen molar-refractivity contribution < 1.29 is 19.0 Å². The molecule has 1 unspecified atom stereocenters. The fourth-order valence-corrected chi connectivity index (χ4v) is 2.21. The van der Waals surface area contributed by atoms with E-state index in [1.54, 1.807) is 30.3 Å². The van der Waals surface area contributed by atoms with Crippen LogP contribution in [0, 0.1) is 0 Å². The Morgan fingerprint density at radius 1 is 1.06 bits per heavy atom. The van der Waals surface area contributed by atoms with Crippen molar-refractivity contribution in [1.82, 2.24) is 0 Å². The lowest BCUT2D eigenvalue weighted by Crippen LogP contribution is -2.47. The molecule has 0 heterocycles. The van der Waals surface area contributed by atoms with Gasteiger partial charge in [-0.25, -0.2) is 8.78 Å². The number of rotatable bonds is 1. The second kappa shape index (κ2) is 4.47. The number of aliphatic hydroxyl groups is 2. The first-order chi connectivity index (χ1) is 7.61. The predicted molar refractivity (Wildman–Crippen MR) is 55.6 cm³/mol. The maximum absolute atomic E-state index is 13.8. The van der Waals surface area contributed by atoms with Gasteiger partial charge < -0.3 is 10.2 Å². The van der Waals surface area contributed by atoms with Crippen LogP contribution in [-0.2, 0) is 0 Å². The topological polar surface area (TPSA) is 40.5 Å². The third-order valence-electron chi connectivity index (χ3n) is 3.10. The van der Waals surface area contributed by atoms with E-state index in [2.05, 4.69) is 0 Å². The van der Waals surface area contributed by atoms with E-state index in [9.17, 15) is 19.0 Å². The first-order valence-electron chi connectivity index (χ1n) is 5.30. The summed E-state index contributed by atoms with van der Waals surface area (Å²) in [5.74, 6) is -0.986. The van der Waals surface area contributed by atoms with Crippen LogP contribution in [0.1, 0.15) is 17.9 Å². The van der Waals surface area contributed by atoms with Gasteiger partial charge in [0.1, 0.15) is 12.3 Å². The van der Waals surface area contributed by atoms with Crippen molar-refractivity contribution in [1.29, 1.82) is 0 Å². The Morgan fingerprint density at radius 2 is 1.69 bits per heavy atom. The highest BCUT2D eigenvalue weighted by molar-refractivity contribution is 5.24. The third-order valence-corrected chi connectivity index (χ3v) is 3.10. The lowest BCUT2D eigenvalue weighted by Gasteiger charge is -2.36. The number of benzene rings is 1. The minimum Gasteiger partial charge on any atom is -0.390 e. The number of hydrogen-bond donors (Lipinski definition) is 2. The maximum Gasteiger partial charge on any atom is 0.135 e. The zero-order valence-electron chi connectivity index (χ0n) is 8.63. The molecule has 0 aromatic heterocycles. The summed E-state index contributed by atoms with van der Waals surface area (Å²) >= 11 is 0. The molecule has 1 aliphatic carbocycles. The minimum atomic E-state index is -1.62. The number of aliphatic hydroxyl groups excluding tert-OH is 2. The van der Waals surface area contributed by atoms with Crippen LogP contribution in [0.15, 0.2) is 30.3 Å². The van der Waals surface area contributed by atoms with Crippen LogP contribution in [-0.4, -0.2) is 34.8 Å². The zero-order chi connectivity index (χ0) is 11.7. The van der Waals surface area contributed by atoms with Crippen molar-refractivity contribution in [3.63, 3.8) is 0 Å². The highest BCUT2D eigenvalue weighted by Crippen LogP contribution is 2.36. The summed E-state index contributed by atoms with van der Waals surface area (Å²) in [6, 6.07) is 8.41. The van der Waals surface area contributed by atoms with Crippen LogP contribution < -0.4 is 0 Å². The SMILES string of the molecule is O[C@H]1C[C@@H](F)[C@@H](O)C(c2ccccc2)[C@H]1F. The average molecular weight is 228 g/mol. The summed E-state index contributed by atoms with van der Waals surface area (Å²) in [5, 5.41) is 19.0. The summed E-state index contributed by atoms with van der Waals surface area (Å²) < 4.78 is 27.1. The molecule has 16 heavy (non-hydrogen) atoms. The van der Waals surface area contributed by atoms with Gasteiger partial charge in [-0.1, -0.05) is 30.3 Å². The van der Waals surface area contributed by atoms with Crippen LogP contribution in [0.4, 0.5) is 8.78 Å². The molecular weight excluding hydrogens is 214 g/mol. The highest BCUT2D eigenvalue weighted by Gasteiger charge is 2.44. The van der Waals surface area contributed by atoms with Crippen LogP contribution >= 0.6 is 0 Å². The molecule has 2 N–H and O–H groups in total. The fourth-order valence-electron chi connectivity index (χ4n) is 2.21. The highest BCUT2D eigenvalue weighted by atomic mass is 19.1. The van der Waals surface area contributed by atoms with Gasteiger partial charge in [0.05, 0.1) is 12.2 Å². The Bertz CT molecular complexity index is 330. The first-order valence-corrected chi connectivity index (χ1v) is 5.30. The summed E-state index contributed by atoms with van der Waals surface area (Å²) in [7, 11) is 0. The van der Waals surface area contributed by atoms with E-state index >= 15 is 0 Å². The average Bonchev–Trinajstić information content (AvgIpc) is 2.28. The molecule has 1 aliphatic rings. The molecule has 0 amide bonds. The molecule has 4 heteroatoms. The van der Waals surface area contributed by atoms with E-state index in [0.717, 1.165) is 0 Å². The van der Waals surface area contributed by atoms with E-state index < -0.39 is 30.5 Å². The molecule has 0 spiro atoms. The Balaban J connectivity index is 2.30. The molecule has 88 valence electrons. The van der Waals surface area contributed by atoms with Crippen LogP contribution in [0.3, 0.4) is 0 Å². The standard InChI is InChI=1S/C12H14F2O2/c13-8-6-9(15)11(14)10(12(8)16)7-4-2-1-3-5-7/h1-5,8-12,15-16H,6H2/t8-,9+,10?,11+,12-/m1/s1. The molecule has 0 bridgehead atoms. The zero-order valence-corrected chi connectivity index (χ0v) is 8.63. The van der Waals surface area contributed by atoms with Gasteiger partial charge in [0, 0.05) is 12.3 Å². The molecule has 1 aromatic carbocycles. The molecule has 0 saturated heterocycles. The molecule has 0 aliphatic heterocycles. The molecule has 1 fully saturated rings. The molecule has 5 atom stereocenters. The normalized spacial score (nSPS) is 39.6. The lowest BCUT2D eigenvalue weighted by atomic mass is 9.78. The molecule has 2 nitrogen and oxygen atoms in total. The van der Waals surface area contributed by atoms with Crippen molar-refractivity contribution >= 4 is 0 Å². The molecule has 1 saturated carbocycles. The Hall–Kier alpha value is -1.00. The van der Waals surface area contributed by atoms with E-state index in [1.807, 2.05) is 0 Å². The fraction of sp³-hybridized carbons (Fsp3) is 0.500. The second-order valence-corrected chi connectivity index (χ2v) is 4.19. The van der Waals surface area contributed by atoms with Gasteiger partial charge in [-0.15, -0.1) is 0 Å². The lowest BCUT2D eigenvalue weighted by molar-refractivity contribution is -0.0719. The van der Waals surface area contributed by atoms with Gasteiger partial charge in [0.25, 0.3) is 0 Å². The van der Waals surface area contributed by atoms with E-state index in [-0.39, 0.29) is 6.42 Å². The van der Waals surface area contributed by atoms with Crippen LogP contribution in [0.2, 0.25) is 0 Å². The summed E-state index contributed by atoms with van der Waals surface area (Å²) in [5.41, 5.74) is 0.518. The van der Waals surface area contributed by atoms with Gasteiger partial charge in [-0.2, -0.15) is 0 Å². The van der Waals surface area contributed by atoms with E-state index in [4.69, 9.17) is 0 Å². The maximum atomic E-state index is 13.8. The summed E-state index contributed by atoms with van der Waals surface area (Å²) in [4.78, 5) is 0. The van der Waals surface area contributed by atoms with Gasteiger partial charge in [-0.05, 0) is 5.56 Å². The number of hydrogen-bond acceptors (Lipinski definition) is 2. The molecule has 0 radical (unpaired) electrons. The predicted octanol–water partition coefficient (Wildman–Crippen LogP) is 1.57. The molecular formula is C12H14F2O2. The Kier molecular flexibility index (Phi) is 3.21. The van der Waals surface area contributed by atoms with E-state index in [0.29, 0.717) is 5.56 Å². The third kappa shape index (κ3) is 1.95. The van der Waals surface area contributed by atoms with Crippen molar-refractivity contribution in [2.24, 2.45) is 0 Å². The van der Waals surface area contributed by atoms with Gasteiger partial charge >= 0.3 is 0 Å². The minimum absolute atomic E-state index is 0.342. The molecule has 1 aromatic rings. The molecule has 2 rings (SSSR count). The van der Waals surface area contributed by atoms with Crippen molar-refractivity contribution in [2.45, 2.75) is 36.9 Å². The Morgan fingerprint density at radius 3 is 2.31 bits per heavy atom. The summed E-state index contributed by atoms with van der Waals surface area (Å²) in [6.45, 7) is 0. The van der Waals surface area contributed by atoms with Gasteiger partial charge in [0.15, 0.2) is 0 Å². The largest absolute Gasteiger partial charge is 0.390 e. The smallest absolute Gasteiger partial charge is 0.135 e. The first kappa shape index (κ1) is 11.5. The Labute approximate surface area is 92.5 Å². The quantitative estimate of drug-likeness (QED) is 0.766. The van der Waals surface area contributed by atoms with Crippen molar-refractivity contribution in [3.05, 3.63) is 35.9 Å².